The van der Waals surface area contributed by atoms with Gasteiger partial charge in [0.1, 0.15) is 11.6 Å². The molecule has 17 heteroatoms. The summed E-state index contributed by atoms with van der Waals surface area (Å²) in [5.41, 5.74) is 5.64. The van der Waals surface area contributed by atoms with Crippen LogP contribution in [-0.2, 0) is 52.3 Å². The number of likely N-dealkylation sites (tertiary alicyclic amines) is 1. The zero-order chi connectivity index (χ0) is 39.5. The lowest BCUT2D eigenvalue weighted by molar-refractivity contribution is -0.143. The molecule has 0 aliphatic carbocycles. The molecule has 0 spiro atoms. The van der Waals surface area contributed by atoms with Gasteiger partial charge < -0.3 is 46.2 Å². The average molecular weight is 768 g/mol. The highest BCUT2D eigenvalue weighted by molar-refractivity contribution is 7.50. The molecule has 54 heavy (non-hydrogen) atoms. The van der Waals surface area contributed by atoms with Crippen LogP contribution in [-0.4, -0.2) is 93.8 Å². The first-order valence-corrected chi connectivity index (χ1v) is 19.2. The van der Waals surface area contributed by atoms with Crippen LogP contribution in [0.15, 0.2) is 66.7 Å². The Morgan fingerprint density at radius 2 is 1.52 bits per heavy atom. The highest BCUT2D eigenvalue weighted by Crippen LogP contribution is 2.39. The van der Waals surface area contributed by atoms with Crippen molar-refractivity contribution in [2.75, 3.05) is 26.7 Å². The number of primary amides is 1. The number of nitrogens with two attached hydrogens (primary N) is 1. The molecule has 1 aliphatic rings. The number of benzene rings is 3. The molecule has 4 rings (SSSR count). The first-order valence-electron chi connectivity index (χ1n) is 17.4. The Morgan fingerprint density at radius 3 is 2.13 bits per heavy atom. The number of carboxylic acids is 1. The van der Waals surface area contributed by atoms with E-state index in [-0.39, 0.29) is 38.9 Å². The molecule has 3 aromatic rings. The maximum atomic E-state index is 14.1. The van der Waals surface area contributed by atoms with Crippen molar-refractivity contribution in [1.82, 2.24) is 20.9 Å². The number of rotatable bonds is 17. The SMILES string of the molecule is COC(=O)N1CCC(NC(=O)[C@@H](CC(=O)O)Cc2ccc(CP(=O)(O)O)cc2)(C(=O)N[C@@H](CC(N)=O)C(=O)NCCCc2ccc3ccccc3c2)CC1. The van der Waals surface area contributed by atoms with Crippen molar-refractivity contribution in [3.05, 3.63) is 83.4 Å². The Labute approximate surface area is 312 Å². The summed E-state index contributed by atoms with van der Waals surface area (Å²) < 4.78 is 16.2. The predicted octanol–water partition coefficient (Wildman–Crippen LogP) is 1.98. The van der Waals surface area contributed by atoms with Crippen LogP contribution in [0.3, 0.4) is 0 Å². The van der Waals surface area contributed by atoms with Gasteiger partial charge in [0, 0.05) is 19.6 Å². The van der Waals surface area contributed by atoms with Crippen molar-refractivity contribution in [3.63, 3.8) is 0 Å². The highest BCUT2D eigenvalue weighted by Gasteiger charge is 2.46. The van der Waals surface area contributed by atoms with E-state index in [1.807, 2.05) is 36.4 Å². The Hall–Kier alpha value is -5.31. The van der Waals surface area contributed by atoms with Crippen LogP contribution in [0.2, 0.25) is 0 Å². The Kier molecular flexibility index (Phi) is 14.3. The standard InChI is InChI=1S/C37H46N5O11P/c1-53-36(49)42-17-14-37(15-18-42,41-33(46)29(21-32(44)45)20-25-8-10-26(11-9-25)23-54(50,51)52)35(48)40-30(22-31(38)43)34(47)39-16-4-5-24-12-13-27-6-2-3-7-28(27)19-24/h2-3,6-13,19,29-30H,4-5,14-18,20-23H2,1H3,(H2,38,43)(H,39,47)(H,40,48)(H,41,46)(H,44,45)(H2,50,51,52)/t29-,30+/m1/s1. The van der Waals surface area contributed by atoms with E-state index in [1.165, 1.54) is 36.3 Å². The lowest BCUT2D eigenvalue weighted by Crippen LogP contribution is -2.66. The van der Waals surface area contributed by atoms with Gasteiger partial charge in [-0.2, -0.15) is 0 Å². The van der Waals surface area contributed by atoms with Gasteiger partial charge in [-0.25, -0.2) is 4.79 Å². The number of hydrogen-bond acceptors (Lipinski definition) is 8. The minimum atomic E-state index is -4.33. The highest BCUT2D eigenvalue weighted by atomic mass is 31.2. The fourth-order valence-electron chi connectivity index (χ4n) is 6.45. The molecular formula is C37H46N5O11P. The van der Waals surface area contributed by atoms with Crippen LogP contribution in [0.25, 0.3) is 10.8 Å². The van der Waals surface area contributed by atoms with Crippen molar-refractivity contribution in [1.29, 1.82) is 0 Å². The second kappa shape index (κ2) is 18.6. The lowest BCUT2D eigenvalue weighted by Gasteiger charge is -2.41. The van der Waals surface area contributed by atoms with Gasteiger partial charge in [0.2, 0.25) is 23.6 Å². The molecule has 16 nitrogen and oxygen atoms in total. The summed E-state index contributed by atoms with van der Waals surface area (Å²) in [4.78, 5) is 97.3. The van der Waals surface area contributed by atoms with Crippen LogP contribution >= 0.6 is 7.60 Å². The van der Waals surface area contributed by atoms with Gasteiger partial charge in [-0.3, -0.25) is 28.5 Å². The second-order valence-corrected chi connectivity index (χ2v) is 15.1. The number of hydrogen-bond donors (Lipinski definition) is 7. The number of aryl methyl sites for hydroxylation is 1. The van der Waals surface area contributed by atoms with E-state index >= 15 is 0 Å². The van der Waals surface area contributed by atoms with Gasteiger partial charge >= 0.3 is 19.7 Å². The first kappa shape index (κ1) is 41.4. The monoisotopic (exact) mass is 767 g/mol. The van der Waals surface area contributed by atoms with Crippen LogP contribution in [0.1, 0.15) is 48.8 Å². The zero-order valence-corrected chi connectivity index (χ0v) is 30.8. The topological polar surface area (TPSA) is 255 Å². The summed E-state index contributed by atoms with van der Waals surface area (Å²) in [6.45, 7) is 0.156. The third-order valence-corrected chi connectivity index (χ3v) is 10.1. The third-order valence-electron chi connectivity index (χ3n) is 9.31. The molecule has 0 saturated carbocycles. The number of methoxy groups -OCH3 is 1. The van der Waals surface area contributed by atoms with Crippen LogP contribution in [0.5, 0.6) is 0 Å². The largest absolute Gasteiger partial charge is 0.481 e. The molecule has 1 saturated heterocycles. The zero-order valence-electron chi connectivity index (χ0n) is 29.9. The number of nitrogens with zero attached hydrogens (tertiary/aromatic N) is 1. The molecule has 5 amide bonds. The van der Waals surface area contributed by atoms with Crippen molar-refractivity contribution < 1.29 is 53.0 Å². The van der Waals surface area contributed by atoms with Crippen LogP contribution < -0.4 is 21.7 Å². The molecule has 290 valence electrons. The number of carbonyl (C=O) groups excluding carboxylic acids is 5. The van der Waals surface area contributed by atoms with Crippen molar-refractivity contribution in [2.45, 2.75) is 62.7 Å². The normalized spacial score (nSPS) is 15.1. The molecule has 1 aliphatic heterocycles. The quantitative estimate of drug-likeness (QED) is 0.0772. The summed E-state index contributed by atoms with van der Waals surface area (Å²) in [7, 11) is -3.13. The lowest BCUT2D eigenvalue weighted by atomic mass is 9.84. The van der Waals surface area contributed by atoms with E-state index < -0.39 is 79.8 Å². The van der Waals surface area contributed by atoms with E-state index in [4.69, 9.17) is 10.5 Å². The Balaban J connectivity index is 1.48. The first-order chi connectivity index (χ1) is 25.6. The number of nitrogens with one attached hydrogen (secondary N) is 3. The average Bonchev–Trinajstić information content (AvgIpc) is 3.12. The summed E-state index contributed by atoms with van der Waals surface area (Å²) in [6.07, 6.45) is -1.45. The Morgan fingerprint density at radius 1 is 0.889 bits per heavy atom. The number of aliphatic carboxylic acids is 1. The van der Waals surface area contributed by atoms with Gasteiger partial charge in [-0.15, -0.1) is 0 Å². The van der Waals surface area contributed by atoms with Gasteiger partial charge in [0.25, 0.3) is 0 Å². The third kappa shape index (κ3) is 12.1. The van der Waals surface area contributed by atoms with E-state index in [2.05, 4.69) is 22.0 Å². The van der Waals surface area contributed by atoms with Crippen LogP contribution in [0, 0.1) is 5.92 Å². The minimum absolute atomic E-state index is 0.0353. The molecule has 0 unspecified atom stereocenters. The van der Waals surface area contributed by atoms with Gasteiger partial charge in [-0.1, -0.05) is 66.7 Å². The summed E-state index contributed by atoms with van der Waals surface area (Å²) >= 11 is 0. The summed E-state index contributed by atoms with van der Waals surface area (Å²) in [5, 5.41) is 19.9. The molecule has 3 aromatic carbocycles. The second-order valence-electron chi connectivity index (χ2n) is 13.4. The molecule has 1 fully saturated rings. The molecule has 8 N–H and O–H groups in total. The molecule has 1 heterocycles. The number of carboxylic acid groups (broad SMARTS) is 1. The molecular weight excluding hydrogens is 721 g/mol. The van der Waals surface area contributed by atoms with Crippen LogP contribution in [0.4, 0.5) is 4.79 Å². The number of piperidine rings is 1. The van der Waals surface area contributed by atoms with Gasteiger partial charge in [0.15, 0.2) is 0 Å². The van der Waals surface area contributed by atoms with Gasteiger partial charge in [0.05, 0.1) is 32.0 Å². The molecule has 0 bridgehead atoms. The smallest absolute Gasteiger partial charge is 0.409 e. The maximum absolute atomic E-state index is 14.1. The molecule has 0 aromatic heterocycles. The number of carbonyl (C=O) groups is 6. The molecule has 0 radical (unpaired) electrons. The van der Waals surface area contributed by atoms with Crippen molar-refractivity contribution in [2.24, 2.45) is 11.7 Å². The minimum Gasteiger partial charge on any atom is -0.481 e. The summed E-state index contributed by atoms with van der Waals surface area (Å²) in [6, 6.07) is 18.6. The molecule has 2 atom stereocenters. The van der Waals surface area contributed by atoms with Crippen molar-refractivity contribution in [3.8, 4) is 0 Å². The van der Waals surface area contributed by atoms with E-state index in [1.54, 1.807) is 0 Å². The maximum Gasteiger partial charge on any atom is 0.409 e. The fourth-order valence-corrected chi connectivity index (χ4v) is 7.13. The fraction of sp³-hybridized carbons (Fsp3) is 0.405. The van der Waals surface area contributed by atoms with Crippen molar-refractivity contribution >= 4 is 54.1 Å². The predicted molar refractivity (Wildman–Crippen MR) is 197 cm³/mol. The van der Waals surface area contributed by atoms with Gasteiger partial charge in [-0.05, 0) is 59.6 Å². The number of ether oxygens (including phenoxy) is 1. The Bertz CT molecular complexity index is 1890. The van der Waals surface area contributed by atoms with E-state index in [0.29, 0.717) is 24.0 Å². The number of fused-ring (bicyclic) bond motifs is 1. The van der Waals surface area contributed by atoms with E-state index in [0.717, 1.165) is 16.3 Å². The van der Waals surface area contributed by atoms with E-state index in [9.17, 15) is 48.2 Å². The summed E-state index contributed by atoms with van der Waals surface area (Å²) in [5.74, 6) is -5.62. The number of amides is 5.